The first-order chi connectivity index (χ1) is 11.1. The number of halogens is 2. The van der Waals surface area contributed by atoms with Crippen LogP contribution in [0.15, 0.2) is 18.2 Å². The van der Waals surface area contributed by atoms with E-state index in [1.54, 1.807) is 4.90 Å². The van der Waals surface area contributed by atoms with Crippen LogP contribution in [0, 0.1) is 17.6 Å². The van der Waals surface area contributed by atoms with E-state index in [2.05, 4.69) is 0 Å². The van der Waals surface area contributed by atoms with Gasteiger partial charge >= 0.3 is 0 Å². The largest absolute Gasteiger partial charge is 0.393 e. The van der Waals surface area contributed by atoms with E-state index in [1.807, 2.05) is 0 Å². The first-order valence-corrected chi connectivity index (χ1v) is 8.05. The maximum absolute atomic E-state index is 13.3. The van der Waals surface area contributed by atoms with Crippen LogP contribution in [0.1, 0.15) is 24.8 Å². The molecule has 1 N–H and O–H groups in total. The quantitative estimate of drug-likeness (QED) is 0.923. The lowest BCUT2D eigenvalue weighted by molar-refractivity contribution is -0.135. The predicted molar refractivity (Wildman–Crippen MR) is 79.7 cm³/mol. The van der Waals surface area contributed by atoms with Crippen molar-refractivity contribution in [2.75, 3.05) is 19.8 Å². The number of aliphatic hydroxyl groups is 1. The zero-order valence-electron chi connectivity index (χ0n) is 12.9. The molecule has 0 saturated carbocycles. The van der Waals surface area contributed by atoms with Gasteiger partial charge in [0.15, 0.2) is 11.6 Å². The zero-order chi connectivity index (χ0) is 16.4. The normalized spacial score (nSPS) is 28.1. The Labute approximate surface area is 134 Å². The van der Waals surface area contributed by atoms with Gasteiger partial charge in [-0.25, -0.2) is 8.78 Å². The monoisotopic (exact) mass is 325 g/mol. The number of hydrogen-bond acceptors (Lipinski definition) is 3. The van der Waals surface area contributed by atoms with Gasteiger partial charge in [-0.3, -0.25) is 4.79 Å². The third kappa shape index (κ3) is 3.53. The van der Waals surface area contributed by atoms with Gasteiger partial charge in [0, 0.05) is 25.1 Å². The van der Waals surface area contributed by atoms with E-state index in [-0.39, 0.29) is 24.3 Å². The van der Waals surface area contributed by atoms with Crippen LogP contribution in [0.2, 0.25) is 0 Å². The Morgan fingerprint density at radius 1 is 1.30 bits per heavy atom. The summed E-state index contributed by atoms with van der Waals surface area (Å²) < 4.78 is 31.7. The molecule has 0 spiro atoms. The van der Waals surface area contributed by atoms with Gasteiger partial charge in [-0.15, -0.1) is 0 Å². The molecule has 1 aromatic rings. The lowest BCUT2D eigenvalue weighted by Gasteiger charge is -2.37. The Morgan fingerprint density at radius 3 is 2.87 bits per heavy atom. The molecular formula is C17H21F2NO3. The average molecular weight is 325 g/mol. The third-order valence-electron chi connectivity index (χ3n) is 4.82. The van der Waals surface area contributed by atoms with Gasteiger partial charge in [0.1, 0.15) is 0 Å². The first kappa shape index (κ1) is 16.3. The highest BCUT2D eigenvalue weighted by atomic mass is 19.2. The predicted octanol–water partition coefficient (Wildman–Crippen LogP) is 1.90. The van der Waals surface area contributed by atoms with Crippen LogP contribution in [0.25, 0.3) is 0 Å². The Kier molecular flexibility index (Phi) is 4.92. The highest BCUT2D eigenvalue weighted by Crippen LogP contribution is 2.30. The minimum absolute atomic E-state index is 0.0388. The van der Waals surface area contributed by atoms with Gasteiger partial charge < -0.3 is 14.7 Å². The number of ether oxygens (including phenoxy) is 1. The number of carbonyl (C=O) groups is 1. The van der Waals surface area contributed by atoms with Crippen LogP contribution in [0.3, 0.4) is 0 Å². The zero-order valence-corrected chi connectivity index (χ0v) is 12.9. The molecule has 2 aliphatic rings. The van der Waals surface area contributed by atoms with Crippen molar-refractivity contribution >= 4 is 5.91 Å². The molecule has 6 heteroatoms. The molecule has 2 aliphatic heterocycles. The van der Waals surface area contributed by atoms with Crippen LogP contribution in [-0.4, -0.2) is 47.8 Å². The maximum atomic E-state index is 13.3. The average Bonchev–Trinajstić information content (AvgIpc) is 3.01. The first-order valence-electron chi connectivity index (χ1n) is 8.05. The second-order valence-corrected chi connectivity index (χ2v) is 6.32. The van der Waals surface area contributed by atoms with E-state index in [0.717, 1.165) is 25.0 Å². The summed E-state index contributed by atoms with van der Waals surface area (Å²) in [6, 6.07) is 3.50. The fourth-order valence-corrected chi connectivity index (χ4v) is 3.59. The van der Waals surface area contributed by atoms with Gasteiger partial charge in [0.05, 0.1) is 19.1 Å². The van der Waals surface area contributed by atoms with Crippen molar-refractivity contribution in [3.63, 3.8) is 0 Å². The second kappa shape index (κ2) is 6.93. The van der Waals surface area contributed by atoms with Crippen molar-refractivity contribution in [1.29, 1.82) is 0 Å². The lowest BCUT2D eigenvalue weighted by Crippen LogP contribution is -2.48. The van der Waals surface area contributed by atoms with Gasteiger partial charge in [0.25, 0.3) is 0 Å². The van der Waals surface area contributed by atoms with Crippen LogP contribution in [0.5, 0.6) is 0 Å². The standard InChI is InChI=1S/C17H21F2NO3/c18-13-4-3-11(8-14(13)19)9-17(22)20-6-1-2-15(20)12-10-23-7-5-16(12)21/h3-4,8,12,15-16,21H,1-2,5-7,9-10H2/t12-,15+,16-/m0/s1. The Balaban J connectivity index is 1.69. The lowest BCUT2D eigenvalue weighted by atomic mass is 9.89. The molecule has 2 fully saturated rings. The molecule has 3 rings (SSSR count). The molecule has 2 saturated heterocycles. The smallest absolute Gasteiger partial charge is 0.227 e. The molecule has 0 unspecified atom stereocenters. The topological polar surface area (TPSA) is 49.8 Å². The minimum Gasteiger partial charge on any atom is -0.393 e. The number of aliphatic hydroxyl groups excluding tert-OH is 1. The van der Waals surface area contributed by atoms with E-state index < -0.39 is 17.7 Å². The molecular weight excluding hydrogens is 304 g/mol. The summed E-state index contributed by atoms with van der Waals surface area (Å²) in [6.45, 7) is 1.64. The minimum atomic E-state index is -0.940. The summed E-state index contributed by atoms with van der Waals surface area (Å²) in [5, 5.41) is 10.2. The fraction of sp³-hybridized carbons (Fsp3) is 0.588. The highest BCUT2D eigenvalue weighted by Gasteiger charge is 2.39. The molecule has 2 heterocycles. The molecule has 0 aliphatic carbocycles. The molecule has 3 atom stereocenters. The van der Waals surface area contributed by atoms with Crippen molar-refractivity contribution in [3.05, 3.63) is 35.4 Å². The third-order valence-corrected chi connectivity index (χ3v) is 4.82. The summed E-state index contributed by atoms with van der Waals surface area (Å²) >= 11 is 0. The van der Waals surface area contributed by atoms with Crippen molar-refractivity contribution in [1.82, 2.24) is 4.90 Å². The molecule has 0 radical (unpaired) electrons. The van der Waals surface area contributed by atoms with Crippen molar-refractivity contribution in [2.45, 2.75) is 37.8 Å². The number of rotatable bonds is 3. The van der Waals surface area contributed by atoms with E-state index in [1.165, 1.54) is 6.07 Å². The second-order valence-electron chi connectivity index (χ2n) is 6.32. The highest BCUT2D eigenvalue weighted by molar-refractivity contribution is 5.79. The van der Waals surface area contributed by atoms with Crippen LogP contribution in [-0.2, 0) is 16.0 Å². The Hall–Kier alpha value is -1.53. The number of benzene rings is 1. The number of amides is 1. The summed E-state index contributed by atoms with van der Waals surface area (Å²) in [7, 11) is 0. The molecule has 23 heavy (non-hydrogen) atoms. The van der Waals surface area contributed by atoms with Crippen LogP contribution in [0.4, 0.5) is 8.78 Å². The molecule has 1 amide bonds. The number of hydrogen-bond donors (Lipinski definition) is 1. The van der Waals surface area contributed by atoms with Crippen molar-refractivity contribution in [2.24, 2.45) is 5.92 Å². The maximum Gasteiger partial charge on any atom is 0.227 e. The van der Waals surface area contributed by atoms with Gasteiger partial charge in [0.2, 0.25) is 5.91 Å². The summed E-state index contributed by atoms with van der Waals surface area (Å²) in [6.07, 6.45) is 1.90. The number of nitrogens with zero attached hydrogens (tertiary/aromatic N) is 1. The molecule has 126 valence electrons. The number of carbonyl (C=O) groups excluding carboxylic acids is 1. The van der Waals surface area contributed by atoms with Crippen molar-refractivity contribution < 1.29 is 23.4 Å². The van der Waals surface area contributed by atoms with Gasteiger partial charge in [-0.05, 0) is 37.0 Å². The summed E-state index contributed by atoms with van der Waals surface area (Å²) in [5.74, 6) is -2.04. The fourth-order valence-electron chi connectivity index (χ4n) is 3.59. The van der Waals surface area contributed by atoms with E-state index in [4.69, 9.17) is 4.74 Å². The molecule has 4 nitrogen and oxygen atoms in total. The van der Waals surface area contributed by atoms with Gasteiger partial charge in [-0.1, -0.05) is 6.07 Å². The van der Waals surface area contributed by atoms with Crippen molar-refractivity contribution in [3.8, 4) is 0 Å². The van der Waals surface area contributed by atoms with E-state index in [9.17, 15) is 18.7 Å². The van der Waals surface area contributed by atoms with E-state index >= 15 is 0 Å². The molecule has 1 aromatic carbocycles. The van der Waals surface area contributed by atoms with Gasteiger partial charge in [-0.2, -0.15) is 0 Å². The Morgan fingerprint density at radius 2 is 2.13 bits per heavy atom. The Bertz CT molecular complexity index is 581. The molecule has 0 aromatic heterocycles. The summed E-state index contributed by atoms with van der Waals surface area (Å²) in [5.41, 5.74) is 0.458. The number of likely N-dealkylation sites (tertiary alicyclic amines) is 1. The SMILES string of the molecule is O=C(Cc1ccc(F)c(F)c1)N1CCC[C@@H]1[C@@H]1COCC[C@@H]1O. The van der Waals surface area contributed by atoms with E-state index in [0.29, 0.717) is 31.7 Å². The molecule has 0 bridgehead atoms. The van der Waals surface area contributed by atoms with Crippen LogP contribution >= 0.6 is 0 Å². The summed E-state index contributed by atoms with van der Waals surface area (Å²) in [4.78, 5) is 14.3. The van der Waals surface area contributed by atoms with Crippen LogP contribution < -0.4 is 0 Å².